The molecule has 248 valence electrons. The van der Waals surface area contributed by atoms with Gasteiger partial charge in [-0.3, -0.25) is 19.5 Å². The zero-order valence-electron chi connectivity index (χ0n) is 26.0. The van der Waals surface area contributed by atoms with Gasteiger partial charge in [0.05, 0.1) is 0 Å². The van der Waals surface area contributed by atoms with Gasteiger partial charge in [0.25, 0.3) is 11.8 Å². The minimum atomic E-state index is -0.957. The van der Waals surface area contributed by atoms with Crippen LogP contribution in [0.2, 0.25) is 0 Å². The van der Waals surface area contributed by atoms with E-state index in [9.17, 15) is 14.4 Å². The Labute approximate surface area is 294 Å². The molecule has 49 heavy (non-hydrogen) atoms. The molecular weight excluding hydrogens is 683 g/mol. The van der Waals surface area contributed by atoms with Gasteiger partial charge in [0.15, 0.2) is 11.2 Å². The molecular formula is C34H29N7O5S3. The minimum Gasteiger partial charge on any atom is -0.448 e. The van der Waals surface area contributed by atoms with Crippen LogP contribution in [0.3, 0.4) is 0 Å². The summed E-state index contributed by atoms with van der Waals surface area (Å²) in [5, 5.41) is 9.23. The molecule has 3 N–H and O–H groups in total. The van der Waals surface area contributed by atoms with Crippen molar-refractivity contribution in [2.45, 2.75) is 24.4 Å². The van der Waals surface area contributed by atoms with Crippen LogP contribution in [0.1, 0.15) is 35.5 Å². The number of esters is 1. The van der Waals surface area contributed by atoms with Gasteiger partial charge in [-0.25, -0.2) is 4.79 Å². The number of carbonyl (C=O) groups excluding carboxylic acids is 3. The number of rotatable bonds is 11. The second-order valence-corrected chi connectivity index (χ2v) is 13.2. The average molecular weight is 712 g/mol. The molecule has 4 heterocycles. The Bertz CT molecular complexity index is 1910. The molecule has 1 unspecified atom stereocenters. The van der Waals surface area contributed by atoms with E-state index in [-0.39, 0.29) is 29.0 Å². The third-order valence-electron chi connectivity index (χ3n) is 7.29. The molecule has 2 aromatic heterocycles. The van der Waals surface area contributed by atoms with Crippen molar-refractivity contribution < 1.29 is 24.0 Å². The summed E-state index contributed by atoms with van der Waals surface area (Å²) in [4.78, 5) is 56.0. The van der Waals surface area contributed by atoms with Crippen LogP contribution in [0.15, 0.2) is 102 Å². The second kappa shape index (κ2) is 15.8. The first kappa shape index (κ1) is 33.7. The van der Waals surface area contributed by atoms with Crippen molar-refractivity contribution in [2.75, 3.05) is 23.8 Å². The number of anilines is 1. The fourth-order valence-electron chi connectivity index (χ4n) is 5.04. The first-order chi connectivity index (χ1) is 23.9. The van der Waals surface area contributed by atoms with Crippen molar-refractivity contribution in [3.05, 3.63) is 119 Å². The maximum absolute atomic E-state index is 14.2. The molecule has 15 heteroatoms. The lowest BCUT2D eigenvalue weighted by molar-refractivity contribution is -0.154. The van der Waals surface area contributed by atoms with Crippen LogP contribution in [-0.2, 0) is 24.0 Å². The molecule has 4 aromatic rings. The van der Waals surface area contributed by atoms with Crippen LogP contribution in [-0.4, -0.2) is 72.3 Å². The molecule has 2 amide bonds. The number of nitrogen functional groups attached to an aromatic ring is 1. The van der Waals surface area contributed by atoms with E-state index in [1.54, 1.807) is 25.4 Å². The zero-order chi connectivity index (χ0) is 34.2. The summed E-state index contributed by atoms with van der Waals surface area (Å²) < 4.78 is 10.3. The molecule has 1 saturated heterocycles. The van der Waals surface area contributed by atoms with Crippen LogP contribution >= 0.6 is 35.1 Å². The number of fused-ring (bicyclic) bond motifs is 1. The predicted octanol–water partition coefficient (Wildman–Crippen LogP) is 3.99. The van der Waals surface area contributed by atoms with Crippen molar-refractivity contribution in [3.8, 4) is 11.2 Å². The molecule has 0 saturated carbocycles. The number of pyridine rings is 1. The number of β-lactam (4-membered cyclic amide) rings is 1. The highest BCUT2D eigenvalue weighted by Crippen LogP contribution is 2.42. The monoisotopic (exact) mass is 711 g/mol. The Morgan fingerprint density at radius 2 is 1.86 bits per heavy atom. The molecule has 2 aromatic carbocycles. The van der Waals surface area contributed by atoms with E-state index in [1.807, 2.05) is 66.7 Å². The van der Waals surface area contributed by atoms with E-state index >= 15 is 0 Å². The number of benzene rings is 2. The number of aromatic nitrogens is 3. The predicted molar refractivity (Wildman–Crippen MR) is 189 cm³/mol. The third kappa shape index (κ3) is 7.78. The van der Waals surface area contributed by atoms with Gasteiger partial charge in [-0.1, -0.05) is 83.5 Å². The highest BCUT2D eigenvalue weighted by Gasteiger charge is 2.55. The second-order valence-electron chi connectivity index (χ2n) is 10.5. The van der Waals surface area contributed by atoms with E-state index in [0.717, 1.165) is 28.2 Å². The number of oxime groups is 1. The number of nitrogens with zero attached hydrogens (tertiary/aromatic N) is 5. The molecule has 6 rings (SSSR count). The fourth-order valence-corrected chi connectivity index (χ4v) is 7.62. The topological polar surface area (TPSA) is 162 Å². The zero-order valence-corrected chi connectivity index (χ0v) is 28.5. The summed E-state index contributed by atoms with van der Waals surface area (Å²) in [7, 11) is 0. The Kier molecular flexibility index (Phi) is 10.9. The van der Waals surface area contributed by atoms with Crippen LogP contribution in [0.5, 0.6) is 0 Å². The minimum absolute atomic E-state index is 0.0166. The molecule has 0 radical (unpaired) electrons. The number of ether oxygens (including phenoxy) is 1. The number of nitrogens with two attached hydrogens (primary N) is 1. The first-order valence-corrected chi connectivity index (χ1v) is 17.9. The van der Waals surface area contributed by atoms with Gasteiger partial charge in [-0.15, -0.1) is 11.8 Å². The van der Waals surface area contributed by atoms with Crippen LogP contribution in [0.4, 0.5) is 5.13 Å². The van der Waals surface area contributed by atoms with E-state index < -0.39 is 35.3 Å². The molecule has 2 aliphatic heterocycles. The van der Waals surface area contributed by atoms with Gasteiger partial charge in [0.1, 0.15) is 23.7 Å². The molecule has 0 bridgehead atoms. The number of thioether (sulfide) groups is 2. The standard InChI is InChI=1S/C34H29N7O5S3/c1-2-45-39-25(29-38-34(35)49-40-29)30(42)37-26-31(43)41-27(24(20-48-32(26)41)19-47-17-15-21-10-9-16-36-18-21)33(44)46-28(22-11-5-3-6-12-22)23-13-7-4-8-14-23/h3-14,16,18,26,28,32H,2,19-20H2,1H3,(H,37,42)(H2,35,38,40)/t26?,32-/m0/s1. The Hall–Kier alpha value is -5.17. The van der Waals surface area contributed by atoms with Gasteiger partial charge in [-0.05, 0) is 41.0 Å². The number of carbonyl (C=O) groups is 3. The SMILES string of the molecule is CCON=C(C(=O)NC1C(=O)N2C(C(=O)OC(c3ccccc3)c3ccccc3)=C(CSC#Cc3cccnc3)CS[C@@H]12)c1nsc(N)n1. The average Bonchev–Trinajstić information content (AvgIpc) is 3.57. The van der Waals surface area contributed by atoms with E-state index in [4.69, 9.17) is 15.3 Å². The quantitative estimate of drug-likeness (QED) is 0.0761. The number of nitrogens with one attached hydrogen (secondary N) is 1. The van der Waals surface area contributed by atoms with Crippen molar-refractivity contribution in [1.29, 1.82) is 0 Å². The molecule has 2 aliphatic rings. The lowest BCUT2D eigenvalue weighted by Crippen LogP contribution is -2.71. The lowest BCUT2D eigenvalue weighted by atomic mass is 10.0. The van der Waals surface area contributed by atoms with Gasteiger partial charge in [-0.2, -0.15) is 9.36 Å². The van der Waals surface area contributed by atoms with Gasteiger partial charge >= 0.3 is 5.97 Å². The molecule has 0 aliphatic carbocycles. The van der Waals surface area contributed by atoms with Gasteiger partial charge in [0, 0.05) is 41.0 Å². The first-order valence-electron chi connectivity index (χ1n) is 15.0. The largest absolute Gasteiger partial charge is 0.448 e. The maximum atomic E-state index is 14.2. The van der Waals surface area contributed by atoms with Crippen molar-refractivity contribution in [3.63, 3.8) is 0 Å². The van der Waals surface area contributed by atoms with Crippen molar-refractivity contribution >= 4 is 63.7 Å². The van der Waals surface area contributed by atoms with Gasteiger partial charge < -0.3 is 20.6 Å². The Morgan fingerprint density at radius 1 is 1.12 bits per heavy atom. The Balaban J connectivity index is 1.27. The summed E-state index contributed by atoms with van der Waals surface area (Å²) >= 11 is 3.64. The highest BCUT2D eigenvalue weighted by atomic mass is 32.2. The smallest absolute Gasteiger partial charge is 0.356 e. The Morgan fingerprint density at radius 3 is 2.49 bits per heavy atom. The van der Waals surface area contributed by atoms with Crippen LogP contribution < -0.4 is 11.1 Å². The van der Waals surface area contributed by atoms with Gasteiger partial charge in [0.2, 0.25) is 11.5 Å². The highest BCUT2D eigenvalue weighted by molar-refractivity contribution is 8.04. The van der Waals surface area contributed by atoms with E-state index in [1.165, 1.54) is 28.4 Å². The molecule has 0 spiro atoms. The summed E-state index contributed by atoms with van der Waals surface area (Å²) in [5.41, 5.74) is 8.66. The maximum Gasteiger partial charge on any atom is 0.356 e. The normalized spacial score (nSPS) is 17.1. The summed E-state index contributed by atoms with van der Waals surface area (Å²) in [5.74, 6) is 1.95. The number of hydrogen-bond donors (Lipinski definition) is 2. The van der Waals surface area contributed by atoms with E-state index in [2.05, 4.69) is 36.0 Å². The van der Waals surface area contributed by atoms with E-state index in [0.29, 0.717) is 17.1 Å². The summed E-state index contributed by atoms with van der Waals surface area (Å²) in [6.07, 6.45) is 2.62. The number of amides is 2. The van der Waals surface area contributed by atoms with Crippen LogP contribution in [0.25, 0.3) is 0 Å². The fraction of sp³-hybridized carbons (Fsp3) is 0.206. The molecule has 1 fully saturated rings. The summed E-state index contributed by atoms with van der Waals surface area (Å²) in [6, 6.07) is 21.5. The number of hydrogen-bond acceptors (Lipinski definition) is 13. The third-order valence-corrected chi connectivity index (χ3v) is 9.91. The lowest BCUT2D eigenvalue weighted by Gasteiger charge is -2.49. The molecule has 12 nitrogen and oxygen atoms in total. The van der Waals surface area contributed by atoms with Crippen molar-refractivity contribution in [2.24, 2.45) is 5.16 Å². The molecule has 2 atom stereocenters. The van der Waals surface area contributed by atoms with Crippen LogP contribution in [0, 0.1) is 11.2 Å². The van der Waals surface area contributed by atoms with Crippen molar-refractivity contribution in [1.82, 2.24) is 24.6 Å². The summed E-state index contributed by atoms with van der Waals surface area (Å²) in [6.45, 7) is 1.91.